The summed E-state index contributed by atoms with van der Waals surface area (Å²) in [6, 6.07) is -0.818. The Morgan fingerprint density at radius 3 is 1.31 bits per heavy atom. The van der Waals surface area contributed by atoms with Gasteiger partial charge in [-0.3, -0.25) is 4.79 Å². The summed E-state index contributed by atoms with van der Waals surface area (Å²) in [6.07, 6.45) is 49.6. The number of hydrogen-bond acceptors (Lipinski definition) is 8. The molecule has 1 aliphatic heterocycles. The third-order valence-corrected chi connectivity index (χ3v) is 13.3. The summed E-state index contributed by atoms with van der Waals surface area (Å²) < 4.78 is 11.2. The number of nitrogens with one attached hydrogen (secondary N) is 1. The van der Waals surface area contributed by atoms with Gasteiger partial charge in [-0.2, -0.15) is 0 Å². The van der Waals surface area contributed by atoms with Gasteiger partial charge in [-0.1, -0.05) is 250 Å². The molecule has 6 N–H and O–H groups in total. The van der Waals surface area contributed by atoms with Crippen LogP contribution in [-0.2, 0) is 14.3 Å². The summed E-state index contributed by atoms with van der Waals surface area (Å²) in [5.74, 6) is -0.181. The van der Waals surface area contributed by atoms with Crippen LogP contribution in [0.4, 0.5) is 0 Å². The monoisotopic (exact) mass is 908 g/mol. The molecule has 0 aromatic heterocycles. The fourth-order valence-corrected chi connectivity index (χ4v) is 8.88. The van der Waals surface area contributed by atoms with E-state index in [4.69, 9.17) is 9.47 Å². The van der Waals surface area contributed by atoms with Crippen molar-refractivity contribution >= 4 is 5.91 Å². The van der Waals surface area contributed by atoms with Gasteiger partial charge in [0, 0.05) is 6.42 Å². The molecule has 0 spiro atoms. The average molecular weight is 908 g/mol. The molecule has 0 saturated carbocycles. The number of carbonyl (C=O) groups excluding carboxylic acids is 1. The highest BCUT2D eigenvalue weighted by Gasteiger charge is 2.44. The van der Waals surface area contributed by atoms with Gasteiger partial charge in [0.2, 0.25) is 5.91 Å². The SMILES string of the molecule is CCCCCCCCCCCCC/C=C/CC/C=C/C(O)C(COC1OC(CO)C(O)C(O)C1O)NC(=O)CCCCCCCCCCCCCCCCCCCCCCCCCC. The van der Waals surface area contributed by atoms with Crippen LogP contribution in [0.5, 0.6) is 0 Å². The Kier molecular flexibility index (Phi) is 43.1. The molecule has 1 fully saturated rings. The van der Waals surface area contributed by atoms with E-state index >= 15 is 0 Å². The van der Waals surface area contributed by atoms with Crippen molar-refractivity contribution in [2.24, 2.45) is 0 Å². The first kappa shape index (κ1) is 60.7. The number of aliphatic hydroxyl groups excluding tert-OH is 5. The molecule has 64 heavy (non-hydrogen) atoms. The van der Waals surface area contributed by atoms with Crippen LogP contribution in [0.1, 0.15) is 264 Å². The topological polar surface area (TPSA) is 149 Å². The summed E-state index contributed by atoms with van der Waals surface area (Å²) in [4.78, 5) is 13.0. The second-order valence-electron chi connectivity index (χ2n) is 19.4. The molecule has 378 valence electrons. The fourth-order valence-electron chi connectivity index (χ4n) is 8.88. The van der Waals surface area contributed by atoms with Crippen molar-refractivity contribution in [1.29, 1.82) is 0 Å². The Bertz CT molecular complexity index is 1060. The fraction of sp³-hybridized carbons (Fsp3) is 0.909. The lowest BCUT2D eigenvalue weighted by atomic mass is 9.99. The first-order valence-electron chi connectivity index (χ1n) is 27.6. The van der Waals surface area contributed by atoms with Crippen LogP contribution in [0, 0.1) is 0 Å². The third kappa shape index (κ3) is 34.9. The van der Waals surface area contributed by atoms with E-state index in [0.717, 1.165) is 38.5 Å². The zero-order valence-electron chi connectivity index (χ0n) is 41.8. The minimum atomic E-state index is -1.57. The molecule has 9 nitrogen and oxygen atoms in total. The lowest BCUT2D eigenvalue weighted by molar-refractivity contribution is -0.302. The van der Waals surface area contributed by atoms with Crippen molar-refractivity contribution in [2.75, 3.05) is 13.2 Å². The van der Waals surface area contributed by atoms with Crippen molar-refractivity contribution in [3.63, 3.8) is 0 Å². The van der Waals surface area contributed by atoms with Gasteiger partial charge in [-0.15, -0.1) is 0 Å². The van der Waals surface area contributed by atoms with Gasteiger partial charge in [-0.05, 0) is 32.1 Å². The van der Waals surface area contributed by atoms with Crippen molar-refractivity contribution in [3.05, 3.63) is 24.3 Å². The largest absolute Gasteiger partial charge is 0.394 e. The Balaban J connectivity index is 2.24. The average Bonchev–Trinajstić information content (AvgIpc) is 3.29. The van der Waals surface area contributed by atoms with Crippen molar-refractivity contribution in [1.82, 2.24) is 5.32 Å². The standard InChI is InChI=1S/C55H105NO8/c1-3-5-7-9-11-13-15-17-19-21-22-23-24-25-26-27-29-31-33-35-37-39-41-43-45-51(59)56-48(47-63-55-54(62)53(61)52(60)50(46-57)64-55)49(58)44-42-40-38-36-34-32-30-28-20-18-16-14-12-10-8-6-4-2/h34,36,42,44,48-50,52-55,57-58,60-62H,3-33,35,37-41,43,45-47H2,1-2H3,(H,56,59)/b36-34+,44-42+. The van der Waals surface area contributed by atoms with Crippen molar-refractivity contribution < 1.29 is 39.8 Å². The van der Waals surface area contributed by atoms with Gasteiger partial charge in [0.15, 0.2) is 6.29 Å². The molecule has 0 bridgehead atoms. The molecule has 0 aliphatic carbocycles. The molecular formula is C55H105NO8. The maximum Gasteiger partial charge on any atom is 0.220 e. The van der Waals surface area contributed by atoms with Gasteiger partial charge >= 0.3 is 0 Å². The van der Waals surface area contributed by atoms with Gasteiger partial charge in [-0.25, -0.2) is 0 Å². The second kappa shape index (κ2) is 45.5. The van der Waals surface area contributed by atoms with E-state index in [1.165, 1.54) is 205 Å². The molecule has 1 amide bonds. The molecule has 0 aromatic carbocycles. The molecule has 1 saturated heterocycles. The first-order valence-corrected chi connectivity index (χ1v) is 27.6. The van der Waals surface area contributed by atoms with Gasteiger partial charge in [0.05, 0.1) is 25.4 Å². The molecule has 0 aromatic rings. The second-order valence-corrected chi connectivity index (χ2v) is 19.4. The van der Waals surface area contributed by atoms with Crippen LogP contribution in [0.25, 0.3) is 0 Å². The Morgan fingerprint density at radius 1 is 0.516 bits per heavy atom. The van der Waals surface area contributed by atoms with Crippen molar-refractivity contribution in [2.45, 2.75) is 307 Å². The summed E-state index contributed by atoms with van der Waals surface area (Å²) >= 11 is 0. The lowest BCUT2D eigenvalue weighted by Crippen LogP contribution is -2.60. The van der Waals surface area contributed by atoms with Crippen molar-refractivity contribution in [3.8, 4) is 0 Å². The quantitative estimate of drug-likeness (QED) is 0.0261. The van der Waals surface area contributed by atoms with Crippen LogP contribution < -0.4 is 5.32 Å². The van der Waals surface area contributed by atoms with E-state index in [1.54, 1.807) is 6.08 Å². The molecule has 0 radical (unpaired) electrons. The number of rotatable bonds is 47. The molecule has 9 heteroatoms. The van der Waals surface area contributed by atoms with Crippen LogP contribution in [0.3, 0.4) is 0 Å². The van der Waals surface area contributed by atoms with Gasteiger partial charge < -0.3 is 40.3 Å². The van der Waals surface area contributed by atoms with Crippen LogP contribution >= 0.6 is 0 Å². The molecule has 7 atom stereocenters. The first-order chi connectivity index (χ1) is 31.3. The lowest BCUT2D eigenvalue weighted by Gasteiger charge is -2.40. The zero-order chi connectivity index (χ0) is 46.6. The Morgan fingerprint density at radius 2 is 0.891 bits per heavy atom. The van der Waals surface area contributed by atoms with E-state index in [-0.39, 0.29) is 12.5 Å². The minimum absolute atomic E-state index is 0.181. The number of allylic oxidation sites excluding steroid dienone is 3. The number of ether oxygens (including phenoxy) is 2. The normalized spacial score (nSPS) is 20.1. The predicted molar refractivity (Wildman–Crippen MR) is 267 cm³/mol. The van der Waals surface area contributed by atoms with Gasteiger partial charge in [0.25, 0.3) is 0 Å². The summed E-state index contributed by atoms with van der Waals surface area (Å²) in [7, 11) is 0. The van der Waals surface area contributed by atoms with Crippen LogP contribution in [-0.4, -0.2) is 87.5 Å². The molecule has 1 aliphatic rings. The number of unbranched alkanes of at least 4 members (excludes halogenated alkanes) is 35. The maximum atomic E-state index is 13.0. The Hall–Kier alpha value is -1.33. The number of aliphatic hydroxyl groups is 5. The molecule has 1 rings (SSSR count). The molecule has 1 heterocycles. The maximum absolute atomic E-state index is 13.0. The van der Waals surface area contributed by atoms with E-state index in [9.17, 15) is 30.3 Å². The highest BCUT2D eigenvalue weighted by Crippen LogP contribution is 2.23. The predicted octanol–water partition coefficient (Wildman–Crippen LogP) is 13.0. The van der Waals surface area contributed by atoms with Crippen LogP contribution in [0.2, 0.25) is 0 Å². The van der Waals surface area contributed by atoms with E-state index in [1.807, 2.05) is 6.08 Å². The highest BCUT2D eigenvalue weighted by molar-refractivity contribution is 5.76. The van der Waals surface area contributed by atoms with E-state index in [2.05, 4.69) is 31.3 Å². The zero-order valence-corrected chi connectivity index (χ0v) is 41.8. The summed E-state index contributed by atoms with van der Waals surface area (Å²) in [6.45, 7) is 3.79. The summed E-state index contributed by atoms with van der Waals surface area (Å²) in [5, 5.41) is 54.4. The van der Waals surface area contributed by atoms with Gasteiger partial charge in [0.1, 0.15) is 24.4 Å². The minimum Gasteiger partial charge on any atom is -0.394 e. The molecular weight excluding hydrogens is 803 g/mol. The number of amides is 1. The summed E-state index contributed by atoms with van der Waals surface area (Å²) in [5.41, 5.74) is 0. The Labute approximate surface area is 394 Å². The van der Waals surface area contributed by atoms with E-state index < -0.39 is 49.5 Å². The highest BCUT2D eigenvalue weighted by atomic mass is 16.7. The smallest absolute Gasteiger partial charge is 0.220 e. The third-order valence-electron chi connectivity index (χ3n) is 13.3. The van der Waals surface area contributed by atoms with Crippen LogP contribution in [0.15, 0.2) is 24.3 Å². The number of carbonyl (C=O) groups is 1. The molecule has 7 unspecified atom stereocenters. The van der Waals surface area contributed by atoms with E-state index in [0.29, 0.717) is 6.42 Å². The number of hydrogen-bond donors (Lipinski definition) is 6.